The van der Waals surface area contributed by atoms with Crippen LogP contribution in [0.2, 0.25) is 0 Å². The predicted octanol–water partition coefficient (Wildman–Crippen LogP) is 2.59. The molecule has 0 spiro atoms. The van der Waals surface area contributed by atoms with Crippen LogP contribution in [0.3, 0.4) is 0 Å². The minimum absolute atomic E-state index is 0.0529. The van der Waals surface area contributed by atoms with Crippen molar-refractivity contribution in [3.63, 3.8) is 0 Å². The molecule has 0 aliphatic heterocycles. The smallest absolute Gasteiger partial charge is 0.357 e. The molecule has 2 rings (SSSR count). The van der Waals surface area contributed by atoms with Crippen LogP contribution in [0.15, 0.2) is 42.5 Å². The number of aromatic nitrogens is 1. The Morgan fingerprint density at radius 3 is 2.79 bits per heavy atom. The normalized spacial score (nSPS) is 10.0. The molecule has 0 bridgehead atoms. The number of nitrogens with zero attached hydrogens (tertiary/aromatic N) is 1. The van der Waals surface area contributed by atoms with Crippen LogP contribution in [0.5, 0.6) is 5.75 Å². The third-order valence-corrected chi connectivity index (χ3v) is 2.43. The first-order valence-corrected chi connectivity index (χ1v) is 5.61. The molecule has 98 valence electrons. The van der Waals surface area contributed by atoms with Crippen molar-refractivity contribution < 1.29 is 18.7 Å². The van der Waals surface area contributed by atoms with Gasteiger partial charge in [-0.15, -0.1) is 0 Å². The van der Waals surface area contributed by atoms with Gasteiger partial charge in [0.2, 0.25) is 5.95 Å². The van der Waals surface area contributed by atoms with Gasteiger partial charge >= 0.3 is 5.97 Å². The molecule has 1 aromatic carbocycles. The second-order valence-electron chi connectivity index (χ2n) is 3.77. The number of ether oxygens (including phenoxy) is 2. The number of hydrogen-bond donors (Lipinski definition) is 0. The molecule has 2 aromatic rings. The van der Waals surface area contributed by atoms with E-state index in [-0.39, 0.29) is 12.3 Å². The highest BCUT2D eigenvalue weighted by molar-refractivity contribution is 5.87. The summed E-state index contributed by atoms with van der Waals surface area (Å²) in [6.45, 7) is 0.0776. The maximum absolute atomic E-state index is 12.9. The average Bonchev–Trinajstić information content (AvgIpc) is 2.45. The van der Waals surface area contributed by atoms with Gasteiger partial charge in [-0.3, -0.25) is 0 Å². The molecule has 0 fully saturated rings. The number of rotatable bonds is 4. The Morgan fingerprint density at radius 1 is 1.26 bits per heavy atom. The van der Waals surface area contributed by atoms with E-state index in [2.05, 4.69) is 4.98 Å². The lowest BCUT2D eigenvalue weighted by atomic mass is 10.2. The molecule has 5 heteroatoms. The van der Waals surface area contributed by atoms with E-state index in [0.717, 1.165) is 5.56 Å². The summed E-state index contributed by atoms with van der Waals surface area (Å²) in [5.74, 6) is -0.699. The molecule has 1 aromatic heterocycles. The summed E-state index contributed by atoms with van der Waals surface area (Å²) in [6, 6.07) is 11.1. The number of carbonyl (C=O) groups is 1. The summed E-state index contributed by atoms with van der Waals surface area (Å²) in [7, 11) is 1.56. The van der Waals surface area contributed by atoms with Crippen LogP contribution in [-0.2, 0) is 11.3 Å². The fourth-order valence-corrected chi connectivity index (χ4v) is 1.51. The van der Waals surface area contributed by atoms with Crippen LogP contribution in [-0.4, -0.2) is 18.1 Å². The molecule has 4 nitrogen and oxygen atoms in total. The van der Waals surface area contributed by atoms with E-state index in [9.17, 15) is 9.18 Å². The highest BCUT2D eigenvalue weighted by Crippen LogP contribution is 2.13. The minimum Gasteiger partial charge on any atom is -0.497 e. The summed E-state index contributed by atoms with van der Waals surface area (Å²) < 4.78 is 23.0. The zero-order valence-electron chi connectivity index (χ0n) is 10.3. The van der Waals surface area contributed by atoms with Gasteiger partial charge in [0.25, 0.3) is 0 Å². The van der Waals surface area contributed by atoms with Crippen molar-refractivity contribution in [2.45, 2.75) is 6.61 Å². The van der Waals surface area contributed by atoms with Gasteiger partial charge in [0.15, 0.2) is 5.69 Å². The summed E-state index contributed by atoms with van der Waals surface area (Å²) in [6.07, 6.45) is 0. The Morgan fingerprint density at radius 2 is 2.05 bits per heavy atom. The van der Waals surface area contributed by atoms with Crippen molar-refractivity contribution in [3.8, 4) is 5.75 Å². The van der Waals surface area contributed by atoms with Crippen LogP contribution in [0, 0.1) is 5.95 Å². The summed E-state index contributed by atoms with van der Waals surface area (Å²) >= 11 is 0. The molecule has 0 saturated heterocycles. The van der Waals surface area contributed by atoms with E-state index in [1.165, 1.54) is 18.2 Å². The predicted molar refractivity (Wildman–Crippen MR) is 66.3 cm³/mol. The molecule has 0 atom stereocenters. The van der Waals surface area contributed by atoms with Gasteiger partial charge in [-0.1, -0.05) is 18.2 Å². The summed E-state index contributed by atoms with van der Waals surface area (Å²) in [5, 5.41) is 0. The molecule has 19 heavy (non-hydrogen) atoms. The van der Waals surface area contributed by atoms with E-state index < -0.39 is 11.9 Å². The van der Waals surface area contributed by atoms with Gasteiger partial charge in [0.1, 0.15) is 12.4 Å². The van der Waals surface area contributed by atoms with Gasteiger partial charge in [-0.2, -0.15) is 4.39 Å². The second kappa shape index (κ2) is 5.95. The lowest BCUT2D eigenvalue weighted by Crippen LogP contribution is -2.08. The first-order valence-electron chi connectivity index (χ1n) is 5.61. The monoisotopic (exact) mass is 261 g/mol. The van der Waals surface area contributed by atoms with Gasteiger partial charge in [0, 0.05) is 0 Å². The lowest BCUT2D eigenvalue weighted by Gasteiger charge is -2.06. The third kappa shape index (κ3) is 3.51. The lowest BCUT2D eigenvalue weighted by molar-refractivity contribution is 0.0464. The van der Waals surface area contributed by atoms with E-state index in [1.54, 1.807) is 31.4 Å². The molecule has 0 amide bonds. The molecular weight excluding hydrogens is 249 g/mol. The molecule has 0 radical (unpaired) electrons. The zero-order chi connectivity index (χ0) is 13.7. The number of halogens is 1. The maximum atomic E-state index is 12.9. The van der Waals surface area contributed by atoms with Crippen LogP contribution < -0.4 is 4.74 Å². The highest BCUT2D eigenvalue weighted by atomic mass is 19.1. The topological polar surface area (TPSA) is 48.4 Å². The number of benzene rings is 1. The maximum Gasteiger partial charge on any atom is 0.357 e. The third-order valence-electron chi connectivity index (χ3n) is 2.43. The van der Waals surface area contributed by atoms with Crippen molar-refractivity contribution in [1.82, 2.24) is 4.98 Å². The first kappa shape index (κ1) is 13.0. The summed E-state index contributed by atoms with van der Waals surface area (Å²) in [4.78, 5) is 15.1. The molecule has 0 saturated carbocycles. The number of methoxy groups -OCH3 is 1. The molecule has 0 aliphatic rings. The Labute approximate surface area is 109 Å². The largest absolute Gasteiger partial charge is 0.497 e. The fourth-order valence-electron chi connectivity index (χ4n) is 1.51. The number of pyridine rings is 1. The van der Waals surface area contributed by atoms with Crippen molar-refractivity contribution in [2.24, 2.45) is 0 Å². The van der Waals surface area contributed by atoms with Crippen LogP contribution >= 0.6 is 0 Å². The van der Waals surface area contributed by atoms with Gasteiger partial charge in [0.05, 0.1) is 7.11 Å². The quantitative estimate of drug-likeness (QED) is 0.627. The Balaban J connectivity index is 2.00. The summed E-state index contributed by atoms with van der Waals surface area (Å²) in [5.41, 5.74) is 0.729. The van der Waals surface area contributed by atoms with Crippen LogP contribution in [0.4, 0.5) is 4.39 Å². The van der Waals surface area contributed by atoms with Crippen molar-refractivity contribution >= 4 is 5.97 Å². The van der Waals surface area contributed by atoms with E-state index in [1.807, 2.05) is 0 Å². The minimum atomic E-state index is -0.712. The van der Waals surface area contributed by atoms with E-state index >= 15 is 0 Å². The first-order chi connectivity index (χ1) is 9.19. The van der Waals surface area contributed by atoms with Crippen molar-refractivity contribution in [3.05, 3.63) is 59.7 Å². The Bertz CT molecular complexity index is 586. The average molecular weight is 261 g/mol. The molecular formula is C14H12FNO3. The van der Waals surface area contributed by atoms with Gasteiger partial charge < -0.3 is 9.47 Å². The second-order valence-corrected chi connectivity index (χ2v) is 3.77. The molecule has 0 aliphatic carbocycles. The van der Waals surface area contributed by atoms with E-state index in [0.29, 0.717) is 5.75 Å². The van der Waals surface area contributed by atoms with Crippen LogP contribution in [0.25, 0.3) is 0 Å². The van der Waals surface area contributed by atoms with Gasteiger partial charge in [-0.25, -0.2) is 9.78 Å². The number of hydrogen-bond acceptors (Lipinski definition) is 4. The Hall–Kier alpha value is -2.43. The van der Waals surface area contributed by atoms with Crippen molar-refractivity contribution in [2.75, 3.05) is 7.11 Å². The standard InChI is InChI=1S/C14H12FNO3/c1-18-11-5-2-4-10(8-11)9-19-14(17)12-6-3-7-13(15)16-12/h2-8H,9H2,1H3. The zero-order valence-corrected chi connectivity index (χ0v) is 10.3. The van der Waals surface area contributed by atoms with Crippen LogP contribution in [0.1, 0.15) is 16.1 Å². The molecule has 1 heterocycles. The molecule has 0 unspecified atom stereocenters. The molecule has 0 N–H and O–H groups in total. The number of carbonyl (C=O) groups excluding carboxylic acids is 1. The highest BCUT2D eigenvalue weighted by Gasteiger charge is 2.10. The number of esters is 1. The SMILES string of the molecule is COc1cccc(COC(=O)c2cccc(F)n2)c1. The van der Waals surface area contributed by atoms with E-state index in [4.69, 9.17) is 9.47 Å². The van der Waals surface area contributed by atoms with Gasteiger partial charge in [-0.05, 0) is 29.8 Å². The fraction of sp³-hybridized carbons (Fsp3) is 0.143. The Kier molecular flexibility index (Phi) is 4.07. The van der Waals surface area contributed by atoms with Crippen molar-refractivity contribution in [1.29, 1.82) is 0 Å².